The van der Waals surface area contributed by atoms with E-state index in [1.807, 2.05) is 20.8 Å². The van der Waals surface area contributed by atoms with E-state index in [1.165, 1.54) is 4.90 Å². The summed E-state index contributed by atoms with van der Waals surface area (Å²) in [5.74, 6) is -0.218. The van der Waals surface area contributed by atoms with Gasteiger partial charge in [-0.25, -0.2) is 4.79 Å². The van der Waals surface area contributed by atoms with E-state index in [0.29, 0.717) is 38.9 Å². The Balaban J connectivity index is 2.12. The van der Waals surface area contributed by atoms with Crippen molar-refractivity contribution in [2.45, 2.75) is 40.0 Å². The molecule has 0 atom stereocenters. The molecule has 0 aromatic carbocycles. The van der Waals surface area contributed by atoms with Crippen molar-refractivity contribution in [2.24, 2.45) is 5.41 Å². The van der Waals surface area contributed by atoms with E-state index < -0.39 is 0 Å². The number of carbonyl (C=O) groups excluding carboxylic acids is 3. The van der Waals surface area contributed by atoms with Gasteiger partial charge in [0.15, 0.2) is 0 Å². The molecule has 1 aliphatic heterocycles. The first kappa shape index (κ1) is 15.5. The number of amides is 4. The Morgan fingerprint density at radius 2 is 1.74 bits per heavy atom. The van der Waals surface area contributed by atoms with Crippen LogP contribution in [0.3, 0.4) is 0 Å². The molecule has 0 unspecified atom stereocenters. The Bertz CT molecular complexity index is 345. The van der Waals surface area contributed by atoms with Crippen molar-refractivity contribution in [3.63, 3.8) is 0 Å². The zero-order valence-corrected chi connectivity index (χ0v) is 11.9. The van der Waals surface area contributed by atoms with Gasteiger partial charge in [-0.2, -0.15) is 0 Å². The fraction of sp³-hybridized carbons (Fsp3) is 0.769. The average molecular weight is 269 g/mol. The van der Waals surface area contributed by atoms with Gasteiger partial charge < -0.3 is 10.6 Å². The lowest BCUT2D eigenvalue weighted by Crippen LogP contribution is -2.41. The molecule has 6 heteroatoms. The van der Waals surface area contributed by atoms with E-state index in [0.717, 1.165) is 0 Å². The minimum atomic E-state index is -0.214. The standard InChI is InChI=1S/C13H23N3O3/c1-13(2,3)9-15-12(19)14-7-4-8-16-10(17)5-6-11(16)18/h4-9H2,1-3H3,(H2,14,15,19). The van der Waals surface area contributed by atoms with Crippen LogP contribution in [0.25, 0.3) is 0 Å². The van der Waals surface area contributed by atoms with Crippen LogP contribution in [0.4, 0.5) is 4.79 Å². The van der Waals surface area contributed by atoms with Crippen LogP contribution < -0.4 is 10.6 Å². The summed E-state index contributed by atoms with van der Waals surface area (Å²) in [6.45, 7) is 7.56. The monoisotopic (exact) mass is 269 g/mol. The third kappa shape index (κ3) is 5.72. The summed E-state index contributed by atoms with van der Waals surface area (Å²) in [6, 6.07) is -0.214. The zero-order chi connectivity index (χ0) is 14.5. The second-order valence-corrected chi connectivity index (χ2v) is 5.96. The van der Waals surface area contributed by atoms with Gasteiger partial charge in [0.2, 0.25) is 11.8 Å². The Morgan fingerprint density at radius 3 is 2.26 bits per heavy atom. The van der Waals surface area contributed by atoms with Gasteiger partial charge in [-0.3, -0.25) is 14.5 Å². The highest BCUT2D eigenvalue weighted by atomic mass is 16.2. The lowest BCUT2D eigenvalue weighted by atomic mass is 9.97. The summed E-state index contributed by atoms with van der Waals surface area (Å²) in [6.07, 6.45) is 1.22. The molecule has 1 rings (SSSR count). The topological polar surface area (TPSA) is 78.5 Å². The van der Waals surface area contributed by atoms with Crippen LogP contribution in [0.15, 0.2) is 0 Å². The fourth-order valence-corrected chi connectivity index (χ4v) is 1.72. The maximum atomic E-state index is 11.4. The van der Waals surface area contributed by atoms with E-state index in [1.54, 1.807) is 0 Å². The number of nitrogens with one attached hydrogen (secondary N) is 2. The van der Waals surface area contributed by atoms with Crippen molar-refractivity contribution in [3.8, 4) is 0 Å². The number of hydrogen-bond donors (Lipinski definition) is 2. The molecule has 1 heterocycles. The smallest absolute Gasteiger partial charge is 0.314 e. The van der Waals surface area contributed by atoms with Crippen molar-refractivity contribution < 1.29 is 14.4 Å². The SMILES string of the molecule is CC(C)(C)CNC(=O)NCCCN1C(=O)CCC1=O. The van der Waals surface area contributed by atoms with Crippen LogP contribution in [0.5, 0.6) is 0 Å². The lowest BCUT2D eigenvalue weighted by molar-refractivity contribution is -0.138. The molecule has 0 spiro atoms. The molecule has 0 saturated carbocycles. The normalized spacial score (nSPS) is 15.8. The molecule has 2 N–H and O–H groups in total. The van der Waals surface area contributed by atoms with E-state index >= 15 is 0 Å². The Labute approximate surface area is 113 Å². The molecule has 4 amide bonds. The predicted molar refractivity (Wildman–Crippen MR) is 71.4 cm³/mol. The van der Waals surface area contributed by atoms with Crippen molar-refractivity contribution >= 4 is 17.8 Å². The summed E-state index contributed by atoms with van der Waals surface area (Å²) in [4.78, 5) is 35.4. The lowest BCUT2D eigenvalue weighted by Gasteiger charge is -2.19. The van der Waals surface area contributed by atoms with E-state index in [-0.39, 0.29) is 23.3 Å². The van der Waals surface area contributed by atoms with Crippen molar-refractivity contribution in [3.05, 3.63) is 0 Å². The van der Waals surface area contributed by atoms with Crippen molar-refractivity contribution in [1.82, 2.24) is 15.5 Å². The molecule has 108 valence electrons. The molecule has 6 nitrogen and oxygen atoms in total. The molecule has 0 aromatic heterocycles. The molecule has 0 radical (unpaired) electrons. The molecule has 1 fully saturated rings. The van der Waals surface area contributed by atoms with Gasteiger partial charge in [-0.15, -0.1) is 0 Å². The zero-order valence-electron chi connectivity index (χ0n) is 11.9. The minimum Gasteiger partial charge on any atom is -0.338 e. The van der Waals surface area contributed by atoms with Gasteiger partial charge in [0.05, 0.1) is 0 Å². The minimum absolute atomic E-state index is 0.0474. The van der Waals surface area contributed by atoms with Gasteiger partial charge in [0.25, 0.3) is 0 Å². The number of carbonyl (C=O) groups is 3. The van der Waals surface area contributed by atoms with Gasteiger partial charge in [0.1, 0.15) is 0 Å². The first-order valence-corrected chi connectivity index (χ1v) is 6.64. The highest BCUT2D eigenvalue weighted by molar-refractivity contribution is 6.01. The van der Waals surface area contributed by atoms with Crippen LogP contribution in [-0.2, 0) is 9.59 Å². The van der Waals surface area contributed by atoms with E-state index in [2.05, 4.69) is 10.6 Å². The number of imide groups is 1. The van der Waals surface area contributed by atoms with Crippen LogP contribution in [0.1, 0.15) is 40.0 Å². The number of rotatable bonds is 5. The predicted octanol–water partition coefficient (Wildman–Crippen LogP) is 0.871. The molecule has 0 aromatic rings. The maximum Gasteiger partial charge on any atom is 0.314 e. The van der Waals surface area contributed by atoms with Gasteiger partial charge in [0, 0.05) is 32.5 Å². The number of hydrogen-bond acceptors (Lipinski definition) is 3. The van der Waals surface area contributed by atoms with Crippen molar-refractivity contribution in [1.29, 1.82) is 0 Å². The van der Waals surface area contributed by atoms with Crippen LogP contribution in [0.2, 0.25) is 0 Å². The first-order valence-electron chi connectivity index (χ1n) is 6.64. The van der Waals surface area contributed by atoms with E-state index in [4.69, 9.17) is 0 Å². The molecular formula is C13H23N3O3. The summed E-state index contributed by atoms with van der Waals surface area (Å²) >= 11 is 0. The summed E-state index contributed by atoms with van der Waals surface area (Å²) in [5.41, 5.74) is 0.0474. The Kier molecular flexibility index (Phi) is 5.32. The summed E-state index contributed by atoms with van der Waals surface area (Å²) in [5, 5.41) is 5.48. The highest BCUT2D eigenvalue weighted by Gasteiger charge is 2.27. The quantitative estimate of drug-likeness (QED) is 0.574. The van der Waals surface area contributed by atoms with Crippen LogP contribution >= 0.6 is 0 Å². The second-order valence-electron chi connectivity index (χ2n) is 5.96. The largest absolute Gasteiger partial charge is 0.338 e. The van der Waals surface area contributed by atoms with Gasteiger partial charge >= 0.3 is 6.03 Å². The number of urea groups is 1. The van der Waals surface area contributed by atoms with Crippen LogP contribution in [-0.4, -0.2) is 42.4 Å². The number of nitrogens with zero attached hydrogens (tertiary/aromatic N) is 1. The van der Waals surface area contributed by atoms with E-state index in [9.17, 15) is 14.4 Å². The average Bonchev–Trinajstić information content (AvgIpc) is 2.62. The maximum absolute atomic E-state index is 11.4. The van der Waals surface area contributed by atoms with Gasteiger partial charge in [-0.05, 0) is 11.8 Å². The molecular weight excluding hydrogens is 246 g/mol. The molecule has 0 aliphatic carbocycles. The number of likely N-dealkylation sites (tertiary alicyclic amines) is 1. The molecule has 0 bridgehead atoms. The molecule has 1 saturated heterocycles. The van der Waals surface area contributed by atoms with Crippen LogP contribution in [0, 0.1) is 5.41 Å². The summed E-state index contributed by atoms with van der Waals surface area (Å²) in [7, 11) is 0. The highest BCUT2D eigenvalue weighted by Crippen LogP contribution is 2.11. The Morgan fingerprint density at radius 1 is 1.16 bits per heavy atom. The third-order valence-corrected chi connectivity index (χ3v) is 2.78. The second kappa shape index (κ2) is 6.54. The van der Waals surface area contributed by atoms with Crippen molar-refractivity contribution in [2.75, 3.05) is 19.6 Å². The Hall–Kier alpha value is -1.59. The van der Waals surface area contributed by atoms with Gasteiger partial charge in [-0.1, -0.05) is 20.8 Å². The molecule has 19 heavy (non-hydrogen) atoms. The fourth-order valence-electron chi connectivity index (χ4n) is 1.72. The first-order chi connectivity index (χ1) is 8.79. The molecule has 1 aliphatic rings. The summed E-state index contributed by atoms with van der Waals surface area (Å²) < 4.78 is 0. The third-order valence-electron chi connectivity index (χ3n) is 2.78.